The molecule has 170 valence electrons. The number of fused-ring (bicyclic) bond motifs is 1. The molecule has 11 heteroatoms. The van der Waals surface area contributed by atoms with E-state index >= 15 is 0 Å². The lowest BCUT2D eigenvalue weighted by atomic mass is 10.1. The first-order valence-corrected chi connectivity index (χ1v) is 9.44. The lowest BCUT2D eigenvalue weighted by Crippen LogP contribution is -2.55. The normalized spacial score (nSPS) is 23.2. The molecule has 1 aliphatic rings. The number of hydrogen-bond acceptors (Lipinski definition) is 11. The molecule has 0 bridgehead atoms. The Morgan fingerprint density at radius 1 is 1.00 bits per heavy atom. The fraction of sp³-hybridized carbons (Fsp3) is 0.286. The fourth-order valence-electron chi connectivity index (χ4n) is 3.38. The van der Waals surface area contributed by atoms with E-state index in [2.05, 4.69) is 0 Å². The van der Waals surface area contributed by atoms with Crippen LogP contribution in [0.5, 0.6) is 28.7 Å². The number of methoxy groups -OCH3 is 1. The highest BCUT2D eigenvalue weighted by Gasteiger charge is 2.40. The molecule has 0 saturated carbocycles. The Balaban J connectivity index is 1.94. The second kappa shape index (κ2) is 8.20. The van der Waals surface area contributed by atoms with Gasteiger partial charge in [-0.25, -0.2) is 0 Å². The van der Waals surface area contributed by atoms with Crippen molar-refractivity contribution in [3.05, 3.63) is 40.6 Å². The molecule has 11 nitrogen and oxygen atoms in total. The summed E-state index contributed by atoms with van der Waals surface area (Å²) in [5.41, 5.74) is -0.716. The minimum absolute atomic E-state index is 0.0146. The summed E-state index contributed by atoms with van der Waals surface area (Å²) in [6.07, 6.45) is -6.18. The van der Waals surface area contributed by atoms with Crippen molar-refractivity contribution in [2.45, 2.75) is 24.6 Å². The molecule has 3 aromatic rings. The molecular weight excluding hydrogens is 428 g/mol. The average Bonchev–Trinajstić information content (AvgIpc) is 2.76. The Bertz CT molecular complexity index is 1220. The third kappa shape index (κ3) is 3.67. The van der Waals surface area contributed by atoms with Gasteiger partial charge in [0.1, 0.15) is 40.8 Å². The summed E-state index contributed by atoms with van der Waals surface area (Å²) in [5, 5.41) is 59.2. The fourth-order valence-corrected chi connectivity index (χ4v) is 3.38. The largest absolute Gasteiger partial charge is 0.508 e. The van der Waals surface area contributed by atoms with Gasteiger partial charge in [0.05, 0.1) is 13.7 Å². The van der Waals surface area contributed by atoms with Crippen molar-refractivity contribution in [3.63, 3.8) is 0 Å². The smallest absolute Gasteiger partial charge is 0.239 e. The molecule has 1 saturated heterocycles. The summed E-state index contributed by atoms with van der Waals surface area (Å²) in [7, 11) is 1.28. The quantitative estimate of drug-likeness (QED) is 0.304. The van der Waals surface area contributed by atoms with Crippen LogP contribution in [0, 0.1) is 0 Å². The second-order valence-electron chi connectivity index (χ2n) is 7.18. The van der Waals surface area contributed by atoms with E-state index < -0.39 is 47.3 Å². The van der Waals surface area contributed by atoms with Crippen molar-refractivity contribution in [1.82, 2.24) is 0 Å². The number of hydrogen-bond donors (Lipinski definition) is 6. The van der Waals surface area contributed by atoms with E-state index in [1.807, 2.05) is 0 Å². The van der Waals surface area contributed by atoms with Gasteiger partial charge in [0.15, 0.2) is 17.3 Å². The van der Waals surface area contributed by atoms with Crippen LogP contribution in [0.4, 0.5) is 0 Å². The second-order valence-corrected chi connectivity index (χ2v) is 7.18. The summed E-state index contributed by atoms with van der Waals surface area (Å²) in [6.45, 7) is -0.367. The van der Waals surface area contributed by atoms with Crippen molar-refractivity contribution in [2.75, 3.05) is 13.7 Å². The van der Waals surface area contributed by atoms with Crippen LogP contribution >= 0.6 is 0 Å². The summed E-state index contributed by atoms with van der Waals surface area (Å²) >= 11 is 0. The first-order valence-electron chi connectivity index (χ1n) is 9.44. The predicted octanol–water partition coefficient (Wildman–Crippen LogP) is 0.403. The van der Waals surface area contributed by atoms with Gasteiger partial charge in [0, 0.05) is 17.7 Å². The molecule has 0 amide bonds. The maximum atomic E-state index is 13.4. The highest BCUT2D eigenvalue weighted by atomic mass is 16.7. The van der Waals surface area contributed by atoms with E-state index in [1.54, 1.807) is 0 Å². The van der Waals surface area contributed by atoms with Crippen molar-refractivity contribution in [2.24, 2.45) is 0 Å². The van der Waals surface area contributed by atoms with Crippen molar-refractivity contribution >= 4 is 11.0 Å². The third-order valence-corrected chi connectivity index (χ3v) is 5.05. The zero-order chi connectivity index (χ0) is 23.2. The molecule has 2 aromatic carbocycles. The van der Waals surface area contributed by atoms with E-state index in [-0.39, 0.29) is 40.4 Å². The number of benzene rings is 2. The molecule has 0 spiro atoms. The van der Waals surface area contributed by atoms with E-state index in [0.717, 1.165) is 12.1 Å². The molecule has 4 rings (SSSR count). The van der Waals surface area contributed by atoms with E-state index in [4.69, 9.17) is 18.6 Å². The van der Waals surface area contributed by atoms with Crippen LogP contribution in [0.15, 0.2) is 39.5 Å². The van der Waals surface area contributed by atoms with Gasteiger partial charge in [-0.1, -0.05) is 0 Å². The highest BCUT2D eigenvalue weighted by Crippen LogP contribution is 2.39. The zero-order valence-corrected chi connectivity index (χ0v) is 16.6. The number of phenols is 3. The predicted molar refractivity (Wildman–Crippen MR) is 108 cm³/mol. The molecule has 1 aliphatic heterocycles. The minimum Gasteiger partial charge on any atom is -0.508 e. The Morgan fingerprint density at radius 3 is 2.44 bits per heavy atom. The van der Waals surface area contributed by atoms with Crippen LogP contribution in [-0.4, -0.2) is 69.0 Å². The Labute approximate surface area is 179 Å². The first-order chi connectivity index (χ1) is 15.2. The van der Waals surface area contributed by atoms with Gasteiger partial charge in [-0.15, -0.1) is 0 Å². The average molecular weight is 448 g/mol. The van der Waals surface area contributed by atoms with Crippen LogP contribution in [0.2, 0.25) is 0 Å². The van der Waals surface area contributed by atoms with Crippen molar-refractivity contribution < 1.29 is 49.3 Å². The lowest BCUT2D eigenvalue weighted by Gasteiger charge is -2.34. The number of rotatable bonds is 4. The van der Waals surface area contributed by atoms with Gasteiger partial charge in [0.2, 0.25) is 17.5 Å². The molecule has 0 aliphatic carbocycles. The van der Waals surface area contributed by atoms with Crippen LogP contribution in [0.1, 0.15) is 0 Å². The highest BCUT2D eigenvalue weighted by molar-refractivity contribution is 5.88. The monoisotopic (exact) mass is 448 g/mol. The van der Waals surface area contributed by atoms with Crippen LogP contribution < -0.4 is 14.9 Å². The topological polar surface area (TPSA) is 179 Å². The first kappa shape index (κ1) is 21.7. The Morgan fingerprint density at radius 2 is 1.75 bits per heavy atom. The standard InChI is InChI=1S/C21H20O11/c1-29-13-5-9(22)6-14-15(13)17(27)20(32-21-18(28)16(26)12(25)7-30-21)19(31-14)8-2-3-10(23)11(24)4-8/h2-6,12,16,18,21-26,28H,7H2,1H3. The molecule has 0 radical (unpaired) electrons. The zero-order valence-electron chi connectivity index (χ0n) is 16.6. The van der Waals surface area contributed by atoms with Gasteiger partial charge in [-0.05, 0) is 18.2 Å². The van der Waals surface area contributed by atoms with Gasteiger partial charge in [-0.3, -0.25) is 4.79 Å². The van der Waals surface area contributed by atoms with Gasteiger partial charge in [0.25, 0.3) is 0 Å². The maximum absolute atomic E-state index is 13.4. The molecule has 4 unspecified atom stereocenters. The summed E-state index contributed by atoms with van der Waals surface area (Å²) < 4.78 is 21.8. The molecular formula is C21H20O11. The molecule has 1 aromatic heterocycles. The van der Waals surface area contributed by atoms with Crippen molar-refractivity contribution in [3.8, 4) is 40.1 Å². The summed E-state index contributed by atoms with van der Waals surface area (Å²) in [5.74, 6) is -1.85. The van der Waals surface area contributed by atoms with Crippen molar-refractivity contribution in [1.29, 1.82) is 0 Å². The van der Waals surface area contributed by atoms with Crippen LogP contribution in [0.3, 0.4) is 0 Å². The van der Waals surface area contributed by atoms with E-state index in [1.165, 1.54) is 25.3 Å². The van der Waals surface area contributed by atoms with Gasteiger partial charge < -0.3 is 49.3 Å². The van der Waals surface area contributed by atoms with Gasteiger partial charge in [-0.2, -0.15) is 0 Å². The molecule has 4 atom stereocenters. The van der Waals surface area contributed by atoms with Crippen LogP contribution in [-0.2, 0) is 4.74 Å². The number of ether oxygens (including phenoxy) is 3. The maximum Gasteiger partial charge on any atom is 0.239 e. The van der Waals surface area contributed by atoms with E-state index in [9.17, 15) is 35.4 Å². The summed E-state index contributed by atoms with van der Waals surface area (Å²) in [4.78, 5) is 13.4. The summed E-state index contributed by atoms with van der Waals surface area (Å²) in [6, 6.07) is 5.99. The Hall–Kier alpha value is -3.51. The third-order valence-electron chi connectivity index (χ3n) is 5.05. The van der Waals surface area contributed by atoms with Gasteiger partial charge >= 0.3 is 0 Å². The number of aliphatic hydroxyl groups is 3. The molecule has 1 fully saturated rings. The lowest BCUT2D eigenvalue weighted by molar-refractivity contribution is -0.242. The number of phenolic OH excluding ortho intramolecular Hbond substituents is 3. The minimum atomic E-state index is -1.70. The Kier molecular flexibility index (Phi) is 5.57. The molecule has 2 heterocycles. The number of aliphatic hydroxyl groups excluding tert-OH is 3. The molecule has 6 N–H and O–H groups in total. The molecule has 32 heavy (non-hydrogen) atoms. The van der Waals surface area contributed by atoms with E-state index in [0.29, 0.717) is 0 Å². The van der Waals surface area contributed by atoms with Crippen LogP contribution in [0.25, 0.3) is 22.3 Å². The number of aromatic hydroxyl groups is 3. The SMILES string of the molecule is COc1cc(O)cc2oc(-c3ccc(O)c(O)c3)c(OC3OCC(O)C(O)C3O)c(=O)c12.